The first-order chi connectivity index (χ1) is 9.15. The molecule has 1 fully saturated rings. The Morgan fingerprint density at radius 2 is 1.90 bits per heavy atom. The summed E-state index contributed by atoms with van der Waals surface area (Å²) in [6.07, 6.45) is 2.80. The van der Waals surface area contributed by atoms with Gasteiger partial charge >= 0.3 is 0 Å². The van der Waals surface area contributed by atoms with E-state index < -0.39 is 5.54 Å². The molecular formula is C16H33ClN2O2. The molecule has 3 unspecified atom stereocenters. The topological polar surface area (TPSA) is 64.3 Å². The highest BCUT2D eigenvalue weighted by Gasteiger charge is 2.62. The van der Waals surface area contributed by atoms with Crippen molar-refractivity contribution in [3.8, 4) is 0 Å². The smallest absolute Gasteiger partial charge is 0.241 e. The zero-order valence-electron chi connectivity index (χ0n) is 14.4. The third-order valence-electron chi connectivity index (χ3n) is 4.79. The second-order valence-electron chi connectivity index (χ2n) is 7.19. The van der Waals surface area contributed by atoms with Crippen LogP contribution < -0.4 is 11.1 Å². The minimum atomic E-state index is -0.807. The van der Waals surface area contributed by atoms with Gasteiger partial charge in [-0.3, -0.25) is 4.79 Å². The van der Waals surface area contributed by atoms with Crippen molar-refractivity contribution in [1.82, 2.24) is 5.32 Å². The normalized spacial score (nSPS) is 28.5. The van der Waals surface area contributed by atoms with E-state index in [0.29, 0.717) is 18.9 Å². The lowest BCUT2D eigenvalue weighted by Crippen LogP contribution is -2.76. The molecule has 5 heteroatoms. The van der Waals surface area contributed by atoms with Gasteiger partial charge in [0.2, 0.25) is 5.91 Å². The first-order valence-electron chi connectivity index (χ1n) is 7.86. The van der Waals surface area contributed by atoms with Crippen molar-refractivity contribution >= 4 is 18.3 Å². The van der Waals surface area contributed by atoms with Crippen molar-refractivity contribution in [3.63, 3.8) is 0 Å². The minimum Gasteiger partial charge on any atom is -0.378 e. The van der Waals surface area contributed by atoms with Crippen LogP contribution in [0.3, 0.4) is 0 Å². The van der Waals surface area contributed by atoms with Gasteiger partial charge < -0.3 is 15.8 Å². The first kappa shape index (κ1) is 20.7. The zero-order valence-corrected chi connectivity index (χ0v) is 15.2. The van der Waals surface area contributed by atoms with Gasteiger partial charge in [-0.25, -0.2) is 0 Å². The Morgan fingerprint density at radius 1 is 1.33 bits per heavy atom. The highest BCUT2D eigenvalue weighted by atomic mass is 35.5. The third kappa shape index (κ3) is 4.33. The molecule has 21 heavy (non-hydrogen) atoms. The van der Waals surface area contributed by atoms with Gasteiger partial charge in [0.15, 0.2) is 0 Å². The molecule has 1 aliphatic carbocycles. The molecule has 0 aromatic rings. The number of carbonyl (C=O) groups excluding carboxylic acids is 1. The van der Waals surface area contributed by atoms with Crippen LogP contribution in [-0.4, -0.2) is 30.2 Å². The minimum absolute atomic E-state index is 0. The van der Waals surface area contributed by atoms with Crippen LogP contribution in [0.25, 0.3) is 0 Å². The zero-order chi connectivity index (χ0) is 15.6. The molecule has 0 saturated heterocycles. The lowest BCUT2D eigenvalue weighted by Gasteiger charge is -2.57. The number of rotatable bonds is 7. The maximum absolute atomic E-state index is 12.5. The average Bonchev–Trinajstić information content (AvgIpc) is 2.35. The lowest BCUT2D eigenvalue weighted by molar-refractivity contribution is -0.171. The van der Waals surface area contributed by atoms with Gasteiger partial charge in [0.05, 0.1) is 6.10 Å². The number of hydrogen-bond donors (Lipinski definition) is 2. The quantitative estimate of drug-likeness (QED) is 0.758. The number of carbonyl (C=O) groups is 1. The molecule has 1 aliphatic rings. The number of nitrogens with one attached hydrogen (secondary N) is 1. The molecule has 0 aromatic carbocycles. The molecule has 0 radical (unpaired) electrons. The largest absolute Gasteiger partial charge is 0.378 e. The van der Waals surface area contributed by atoms with E-state index >= 15 is 0 Å². The number of halogens is 1. The van der Waals surface area contributed by atoms with Gasteiger partial charge in [0, 0.05) is 24.5 Å². The van der Waals surface area contributed by atoms with Gasteiger partial charge in [-0.1, -0.05) is 27.7 Å². The molecular weight excluding hydrogens is 288 g/mol. The average molecular weight is 321 g/mol. The van der Waals surface area contributed by atoms with Gasteiger partial charge in [-0.2, -0.15) is 0 Å². The molecule has 3 N–H and O–H groups in total. The van der Waals surface area contributed by atoms with Crippen LogP contribution in [0.15, 0.2) is 0 Å². The Hall–Kier alpha value is -0.320. The molecule has 0 bridgehead atoms. The SMILES string of the molecule is CCOC1CC(N)(C(=O)NC(C)CCC(C)C)C1(C)C.Cl. The third-order valence-corrected chi connectivity index (χ3v) is 4.79. The maximum atomic E-state index is 12.5. The molecule has 4 nitrogen and oxygen atoms in total. The summed E-state index contributed by atoms with van der Waals surface area (Å²) >= 11 is 0. The van der Waals surface area contributed by atoms with Crippen LogP contribution in [0, 0.1) is 11.3 Å². The van der Waals surface area contributed by atoms with Crippen molar-refractivity contribution in [2.75, 3.05) is 6.61 Å². The molecule has 0 heterocycles. The standard InChI is InChI=1S/C16H32N2O2.ClH/c1-7-20-13-10-16(17,15(13,5)6)14(19)18-12(4)9-8-11(2)3;/h11-13H,7-10,17H2,1-6H3,(H,18,19);1H. The fourth-order valence-electron chi connectivity index (χ4n) is 2.83. The van der Waals surface area contributed by atoms with E-state index in [0.717, 1.165) is 12.8 Å². The molecule has 1 rings (SSSR count). The van der Waals surface area contributed by atoms with Gasteiger partial charge in [0.25, 0.3) is 0 Å². The Bertz CT molecular complexity index is 347. The predicted octanol–water partition coefficient (Wildman–Crippen LogP) is 2.88. The molecule has 0 spiro atoms. The molecule has 3 atom stereocenters. The van der Waals surface area contributed by atoms with Crippen molar-refractivity contribution in [3.05, 3.63) is 0 Å². The number of ether oxygens (including phenoxy) is 1. The number of nitrogens with two attached hydrogens (primary N) is 1. The summed E-state index contributed by atoms with van der Waals surface area (Å²) in [7, 11) is 0. The van der Waals surface area contributed by atoms with Crippen LogP contribution in [0.2, 0.25) is 0 Å². The Kier molecular flexibility index (Phi) is 7.68. The van der Waals surface area contributed by atoms with Crippen LogP contribution in [0.4, 0.5) is 0 Å². The van der Waals surface area contributed by atoms with Crippen LogP contribution >= 0.6 is 12.4 Å². The van der Waals surface area contributed by atoms with E-state index in [9.17, 15) is 4.79 Å². The van der Waals surface area contributed by atoms with Gasteiger partial charge in [-0.05, 0) is 32.6 Å². The Balaban J connectivity index is 0.00000400. The molecule has 1 amide bonds. The van der Waals surface area contributed by atoms with E-state index in [1.54, 1.807) is 0 Å². The van der Waals surface area contributed by atoms with Gasteiger partial charge in [0.1, 0.15) is 5.54 Å². The van der Waals surface area contributed by atoms with E-state index in [1.165, 1.54) is 0 Å². The Labute approximate surface area is 136 Å². The van der Waals surface area contributed by atoms with Crippen molar-refractivity contribution < 1.29 is 9.53 Å². The van der Waals surface area contributed by atoms with Crippen LogP contribution in [0.1, 0.15) is 60.8 Å². The van der Waals surface area contributed by atoms with E-state index in [2.05, 4.69) is 26.1 Å². The second-order valence-corrected chi connectivity index (χ2v) is 7.19. The highest BCUT2D eigenvalue weighted by molar-refractivity contribution is 5.89. The highest BCUT2D eigenvalue weighted by Crippen LogP contribution is 2.49. The molecule has 126 valence electrons. The Morgan fingerprint density at radius 3 is 2.33 bits per heavy atom. The summed E-state index contributed by atoms with van der Waals surface area (Å²) in [6.45, 7) is 13.1. The number of amides is 1. The summed E-state index contributed by atoms with van der Waals surface area (Å²) in [6, 6.07) is 0.173. The summed E-state index contributed by atoms with van der Waals surface area (Å²) in [4.78, 5) is 12.5. The van der Waals surface area contributed by atoms with E-state index in [-0.39, 0.29) is 35.9 Å². The number of hydrogen-bond acceptors (Lipinski definition) is 3. The second kappa shape index (κ2) is 7.80. The van der Waals surface area contributed by atoms with Gasteiger partial charge in [-0.15, -0.1) is 12.4 Å². The van der Waals surface area contributed by atoms with Crippen LogP contribution in [-0.2, 0) is 9.53 Å². The van der Waals surface area contributed by atoms with Crippen molar-refractivity contribution in [2.24, 2.45) is 17.1 Å². The first-order valence-corrected chi connectivity index (χ1v) is 7.86. The maximum Gasteiger partial charge on any atom is 0.241 e. The summed E-state index contributed by atoms with van der Waals surface area (Å²) in [5.41, 5.74) is 5.24. The molecule has 0 aromatic heterocycles. The molecule has 0 aliphatic heterocycles. The summed E-state index contributed by atoms with van der Waals surface area (Å²) in [5, 5.41) is 3.08. The van der Waals surface area contributed by atoms with E-state index in [4.69, 9.17) is 10.5 Å². The molecule has 1 saturated carbocycles. The summed E-state index contributed by atoms with van der Waals surface area (Å²) < 4.78 is 5.66. The monoisotopic (exact) mass is 320 g/mol. The fourth-order valence-corrected chi connectivity index (χ4v) is 2.83. The van der Waals surface area contributed by atoms with E-state index in [1.807, 2.05) is 20.8 Å². The van der Waals surface area contributed by atoms with Crippen molar-refractivity contribution in [2.45, 2.75) is 78.5 Å². The fraction of sp³-hybridized carbons (Fsp3) is 0.938. The predicted molar refractivity (Wildman–Crippen MR) is 89.7 cm³/mol. The lowest BCUT2D eigenvalue weighted by atomic mass is 9.54. The van der Waals surface area contributed by atoms with Crippen LogP contribution in [0.5, 0.6) is 0 Å². The summed E-state index contributed by atoms with van der Waals surface area (Å²) in [5.74, 6) is 0.623. The van der Waals surface area contributed by atoms with Crippen molar-refractivity contribution in [1.29, 1.82) is 0 Å².